The van der Waals surface area contributed by atoms with Gasteiger partial charge in [-0.1, -0.05) is 36.4 Å². The number of aliphatic imine (C=N–C) groups is 2. The number of nitrogens with zero attached hydrogens (tertiary/aromatic N) is 4. The lowest BCUT2D eigenvalue weighted by Gasteiger charge is -2.30. The summed E-state index contributed by atoms with van der Waals surface area (Å²) < 4.78 is 6.09. The van der Waals surface area contributed by atoms with Crippen molar-refractivity contribution in [2.24, 2.45) is 27.7 Å². The lowest BCUT2D eigenvalue weighted by atomic mass is 9.79. The third-order valence-electron chi connectivity index (χ3n) is 8.04. The molecule has 1 unspecified atom stereocenters. The molecular formula is C30H34N5O2+. The van der Waals surface area contributed by atoms with E-state index in [1.54, 1.807) is 6.20 Å². The summed E-state index contributed by atoms with van der Waals surface area (Å²) in [7, 11) is 0. The minimum Gasteiger partial charge on any atom is -0.489 e. The second-order valence-electron chi connectivity index (χ2n) is 10.4. The fourth-order valence-corrected chi connectivity index (χ4v) is 5.98. The predicted octanol–water partition coefficient (Wildman–Crippen LogP) is 4.91. The van der Waals surface area contributed by atoms with E-state index in [0.717, 1.165) is 85.7 Å². The van der Waals surface area contributed by atoms with Crippen LogP contribution in [0.1, 0.15) is 49.7 Å². The van der Waals surface area contributed by atoms with Crippen LogP contribution in [0, 0.1) is 11.8 Å². The third-order valence-corrected chi connectivity index (χ3v) is 8.04. The number of hydrogen-bond donors (Lipinski definition) is 1. The first kappa shape index (κ1) is 23.8. The highest BCUT2D eigenvalue weighted by Gasteiger charge is 2.46. The molecule has 1 aliphatic carbocycles. The number of carbonyl (C=O) groups is 1. The number of quaternary nitrogens is 1. The van der Waals surface area contributed by atoms with Crippen LogP contribution in [0.2, 0.25) is 0 Å². The number of nitrogens with two attached hydrogens (primary N) is 1. The van der Waals surface area contributed by atoms with E-state index in [4.69, 9.17) is 15.6 Å². The van der Waals surface area contributed by atoms with Gasteiger partial charge in [-0.3, -0.25) is 9.79 Å². The molecule has 7 heteroatoms. The highest BCUT2D eigenvalue weighted by atomic mass is 16.5. The summed E-state index contributed by atoms with van der Waals surface area (Å²) >= 11 is 0. The van der Waals surface area contributed by atoms with Crippen molar-refractivity contribution in [3.8, 4) is 5.75 Å². The lowest BCUT2D eigenvalue weighted by molar-refractivity contribution is -0.750. The quantitative estimate of drug-likeness (QED) is 0.456. The van der Waals surface area contributed by atoms with Crippen molar-refractivity contribution >= 4 is 18.0 Å². The van der Waals surface area contributed by atoms with Gasteiger partial charge in [-0.25, -0.2) is 0 Å². The van der Waals surface area contributed by atoms with Gasteiger partial charge in [-0.15, -0.1) is 4.59 Å². The maximum atomic E-state index is 12.9. The minimum absolute atomic E-state index is 0.00755. The molecule has 3 heterocycles. The number of allylic oxidation sites excluding steroid dienone is 2. The van der Waals surface area contributed by atoms with E-state index in [0.29, 0.717) is 12.5 Å². The summed E-state index contributed by atoms with van der Waals surface area (Å²) in [6.07, 6.45) is 11.4. The maximum Gasteiger partial charge on any atom is 0.265 e. The molecule has 2 aromatic rings. The van der Waals surface area contributed by atoms with Crippen molar-refractivity contribution < 1.29 is 14.1 Å². The van der Waals surface area contributed by atoms with Gasteiger partial charge in [-0.05, 0) is 62.3 Å². The first-order valence-electron chi connectivity index (χ1n) is 13.4. The van der Waals surface area contributed by atoms with Gasteiger partial charge in [0.1, 0.15) is 24.3 Å². The van der Waals surface area contributed by atoms with Gasteiger partial charge in [0.05, 0.1) is 18.0 Å². The third kappa shape index (κ3) is 4.65. The number of benzene rings is 2. The van der Waals surface area contributed by atoms with Crippen LogP contribution in [0.3, 0.4) is 0 Å². The van der Waals surface area contributed by atoms with Gasteiger partial charge >= 0.3 is 0 Å². The molecule has 7 nitrogen and oxygen atoms in total. The molecule has 1 atom stereocenters. The standard InChI is InChI=1S/C30H34N5O2/c31-35-18-15-32-20-27(35)28(23-11-13-24(14-12-23)30(36)34-16-4-5-17-34)33-29(35)25-9-6-10-26(19-25)37-21-22-7-2-1-3-8-22/h1-3,6-10,15,18-20,23-24H,4-5,11-14,16-17,21,31H2/q+1. The molecule has 3 aliphatic heterocycles. The Balaban J connectivity index is 1.21. The van der Waals surface area contributed by atoms with Crippen molar-refractivity contribution in [1.82, 2.24) is 4.90 Å². The Morgan fingerprint density at radius 2 is 1.81 bits per heavy atom. The number of carbonyl (C=O) groups excluding carboxylic acids is 1. The van der Waals surface area contributed by atoms with Gasteiger partial charge in [0.25, 0.3) is 5.84 Å². The van der Waals surface area contributed by atoms with E-state index in [2.05, 4.69) is 22.0 Å². The zero-order chi connectivity index (χ0) is 25.2. The summed E-state index contributed by atoms with van der Waals surface area (Å²) in [6, 6.07) is 18.1. The Kier molecular flexibility index (Phi) is 6.49. The number of rotatable bonds is 6. The number of amides is 1. The fourth-order valence-electron chi connectivity index (χ4n) is 5.98. The van der Waals surface area contributed by atoms with Crippen LogP contribution >= 0.6 is 0 Å². The van der Waals surface area contributed by atoms with E-state index >= 15 is 0 Å². The summed E-state index contributed by atoms with van der Waals surface area (Å²) in [5.41, 5.74) is 3.97. The van der Waals surface area contributed by atoms with Crippen LogP contribution in [0.4, 0.5) is 0 Å². The second kappa shape index (κ2) is 10.1. The van der Waals surface area contributed by atoms with E-state index in [9.17, 15) is 4.79 Å². The molecule has 6 rings (SSSR count). The SMILES string of the molecule is N[N+]12C=CN=CC1=C(C1CCC(C(=O)N3CCCC3)CC1)N=C2c1cccc(OCc2ccccc2)c1. The molecule has 0 bridgehead atoms. The van der Waals surface area contributed by atoms with Crippen molar-refractivity contribution in [3.63, 3.8) is 0 Å². The number of amidine groups is 1. The van der Waals surface area contributed by atoms with Gasteiger partial charge in [0, 0.05) is 24.9 Å². The molecule has 1 saturated carbocycles. The molecule has 1 amide bonds. The number of likely N-dealkylation sites (tertiary alicyclic amines) is 1. The number of hydrogen-bond acceptors (Lipinski definition) is 5. The van der Waals surface area contributed by atoms with Gasteiger partial charge in [-0.2, -0.15) is 10.8 Å². The number of fused-ring (bicyclic) bond motifs is 1. The molecule has 2 aromatic carbocycles. The second-order valence-corrected chi connectivity index (χ2v) is 10.4. The summed E-state index contributed by atoms with van der Waals surface area (Å²) in [5, 5.41) is 0. The average molecular weight is 497 g/mol. The first-order valence-corrected chi connectivity index (χ1v) is 13.4. The fraction of sp³-hybridized carbons (Fsp3) is 0.367. The number of ether oxygens (including phenoxy) is 1. The Labute approximate surface area is 218 Å². The van der Waals surface area contributed by atoms with Crippen molar-refractivity contribution in [2.75, 3.05) is 13.1 Å². The van der Waals surface area contributed by atoms with Crippen LogP contribution in [-0.2, 0) is 11.4 Å². The molecule has 4 aliphatic rings. The minimum atomic E-state index is 0.00755. The smallest absolute Gasteiger partial charge is 0.265 e. The average Bonchev–Trinajstić information content (AvgIpc) is 3.59. The van der Waals surface area contributed by atoms with Gasteiger partial charge in [0.2, 0.25) is 11.6 Å². The van der Waals surface area contributed by atoms with Crippen molar-refractivity contribution in [3.05, 3.63) is 89.5 Å². The Bertz CT molecular complexity index is 1280. The van der Waals surface area contributed by atoms with Crippen LogP contribution in [0.5, 0.6) is 5.75 Å². The van der Waals surface area contributed by atoms with E-state index in [1.807, 2.05) is 54.9 Å². The zero-order valence-corrected chi connectivity index (χ0v) is 21.1. The summed E-state index contributed by atoms with van der Waals surface area (Å²) in [6.45, 7) is 2.34. The summed E-state index contributed by atoms with van der Waals surface area (Å²) in [4.78, 5) is 24.6. The van der Waals surface area contributed by atoms with Crippen molar-refractivity contribution in [1.29, 1.82) is 0 Å². The predicted molar refractivity (Wildman–Crippen MR) is 144 cm³/mol. The molecule has 0 aromatic heterocycles. The Morgan fingerprint density at radius 1 is 1.03 bits per heavy atom. The molecular weight excluding hydrogens is 462 g/mol. The Morgan fingerprint density at radius 3 is 2.59 bits per heavy atom. The monoisotopic (exact) mass is 496 g/mol. The normalized spacial score (nSPS) is 26.8. The van der Waals surface area contributed by atoms with E-state index < -0.39 is 0 Å². The molecule has 2 N–H and O–H groups in total. The van der Waals surface area contributed by atoms with Gasteiger partial charge in [0.15, 0.2) is 0 Å². The molecule has 2 fully saturated rings. The van der Waals surface area contributed by atoms with Crippen LogP contribution in [-0.4, -0.2) is 40.5 Å². The van der Waals surface area contributed by atoms with Crippen LogP contribution in [0.15, 0.2) is 88.4 Å². The highest BCUT2D eigenvalue weighted by molar-refractivity contribution is 6.00. The van der Waals surface area contributed by atoms with E-state index in [1.165, 1.54) is 0 Å². The Hall–Kier alpha value is -3.55. The highest BCUT2D eigenvalue weighted by Crippen LogP contribution is 2.41. The maximum absolute atomic E-state index is 12.9. The molecule has 190 valence electrons. The topological polar surface area (TPSA) is 80.3 Å². The molecule has 37 heavy (non-hydrogen) atoms. The van der Waals surface area contributed by atoms with Gasteiger partial charge < -0.3 is 9.64 Å². The van der Waals surface area contributed by atoms with Crippen LogP contribution < -0.4 is 10.6 Å². The molecule has 0 radical (unpaired) electrons. The zero-order valence-electron chi connectivity index (χ0n) is 21.1. The lowest BCUT2D eigenvalue weighted by Crippen LogP contribution is -2.53. The largest absolute Gasteiger partial charge is 0.489 e. The molecule has 0 spiro atoms. The molecule has 1 saturated heterocycles. The first-order chi connectivity index (χ1) is 18.1. The van der Waals surface area contributed by atoms with Crippen LogP contribution in [0.25, 0.3) is 0 Å². The van der Waals surface area contributed by atoms with E-state index in [-0.39, 0.29) is 16.4 Å². The summed E-state index contributed by atoms with van der Waals surface area (Å²) in [5.74, 6) is 9.29. The van der Waals surface area contributed by atoms with Crippen molar-refractivity contribution in [2.45, 2.75) is 45.1 Å².